The average molecular weight is 205 g/mol. The molecular formula is C12H15NO2. The highest BCUT2D eigenvalue weighted by Gasteiger charge is 2.13. The number of aryl methyl sites for hydroxylation is 1. The van der Waals surface area contributed by atoms with E-state index in [0.29, 0.717) is 5.75 Å². The quantitative estimate of drug-likeness (QED) is 0.787. The number of phenols is 1. The molecule has 0 fully saturated rings. The minimum Gasteiger partial charge on any atom is -0.507 e. The van der Waals surface area contributed by atoms with Crippen LogP contribution in [0.25, 0.3) is 10.9 Å². The molecule has 3 nitrogen and oxygen atoms in total. The predicted octanol–water partition coefficient (Wildman–Crippen LogP) is 1.98. The summed E-state index contributed by atoms with van der Waals surface area (Å²) in [5.74, 6) is 0.376. The minimum atomic E-state index is 0.0850. The topological polar surface area (TPSA) is 45.4 Å². The summed E-state index contributed by atoms with van der Waals surface area (Å²) in [6, 6.07) is 7.40. The molecule has 2 rings (SSSR count). The Hall–Kier alpha value is -1.48. The van der Waals surface area contributed by atoms with Crippen LogP contribution in [0.1, 0.15) is 18.5 Å². The van der Waals surface area contributed by atoms with Crippen LogP contribution >= 0.6 is 0 Å². The van der Waals surface area contributed by atoms with Gasteiger partial charge in [0.05, 0.1) is 12.1 Å². The first-order valence-electron chi connectivity index (χ1n) is 5.03. The van der Waals surface area contributed by atoms with Gasteiger partial charge < -0.3 is 14.8 Å². The molecule has 1 heterocycles. The predicted molar refractivity (Wildman–Crippen MR) is 60.1 cm³/mol. The Morgan fingerprint density at radius 3 is 2.73 bits per heavy atom. The van der Waals surface area contributed by atoms with Gasteiger partial charge in [0.1, 0.15) is 5.75 Å². The van der Waals surface area contributed by atoms with Crippen LogP contribution in [-0.4, -0.2) is 21.4 Å². The Balaban J connectivity index is 2.69. The van der Waals surface area contributed by atoms with E-state index >= 15 is 0 Å². The second-order valence-corrected chi connectivity index (χ2v) is 3.92. The van der Waals surface area contributed by atoms with Gasteiger partial charge in [-0.25, -0.2) is 0 Å². The monoisotopic (exact) mass is 205 g/mol. The van der Waals surface area contributed by atoms with Crippen LogP contribution in [0.2, 0.25) is 0 Å². The van der Waals surface area contributed by atoms with Crippen molar-refractivity contribution in [3.05, 3.63) is 30.0 Å². The summed E-state index contributed by atoms with van der Waals surface area (Å²) < 4.78 is 2.01. The van der Waals surface area contributed by atoms with Gasteiger partial charge in [-0.2, -0.15) is 0 Å². The number of aliphatic hydroxyl groups is 1. The van der Waals surface area contributed by atoms with Crippen LogP contribution in [0, 0.1) is 0 Å². The summed E-state index contributed by atoms with van der Waals surface area (Å²) in [4.78, 5) is 0. The highest BCUT2D eigenvalue weighted by Crippen LogP contribution is 2.29. The Morgan fingerprint density at radius 2 is 2.13 bits per heavy atom. The SMILES string of the molecule is CC(CO)c1cc2c(O)cccc2n1C. The third-order valence-electron chi connectivity index (χ3n) is 2.88. The minimum absolute atomic E-state index is 0.0850. The number of aromatic hydroxyl groups is 1. The van der Waals surface area contributed by atoms with Gasteiger partial charge in [0, 0.05) is 24.0 Å². The molecule has 0 aliphatic rings. The van der Waals surface area contributed by atoms with Crippen LogP contribution in [0.3, 0.4) is 0 Å². The lowest BCUT2D eigenvalue weighted by molar-refractivity contribution is 0.269. The molecule has 2 aromatic rings. The van der Waals surface area contributed by atoms with Gasteiger partial charge in [-0.05, 0) is 18.2 Å². The van der Waals surface area contributed by atoms with Crippen molar-refractivity contribution < 1.29 is 10.2 Å². The van der Waals surface area contributed by atoms with Crippen molar-refractivity contribution in [3.8, 4) is 5.75 Å². The molecule has 0 aliphatic carbocycles. The van der Waals surface area contributed by atoms with E-state index in [9.17, 15) is 5.11 Å². The molecule has 1 unspecified atom stereocenters. The maximum absolute atomic E-state index is 9.69. The number of hydrogen-bond donors (Lipinski definition) is 2. The van der Waals surface area contributed by atoms with E-state index in [1.807, 2.05) is 36.7 Å². The zero-order chi connectivity index (χ0) is 11.0. The second-order valence-electron chi connectivity index (χ2n) is 3.92. The van der Waals surface area contributed by atoms with E-state index in [2.05, 4.69) is 0 Å². The molecular weight excluding hydrogens is 190 g/mol. The molecule has 0 spiro atoms. The fraction of sp³-hybridized carbons (Fsp3) is 0.333. The molecule has 0 aliphatic heterocycles. The lowest BCUT2D eigenvalue weighted by Gasteiger charge is -2.09. The summed E-state index contributed by atoms with van der Waals surface area (Å²) in [7, 11) is 1.95. The van der Waals surface area contributed by atoms with Gasteiger partial charge in [0.25, 0.3) is 0 Å². The Kier molecular flexibility index (Phi) is 2.40. The van der Waals surface area contributed by atoms with Crippen LogP contribution in [0.15, 0.2) is 24.3 Å². The average Bonchev–Trinajstić information content (AvgIpc) is 2.57. The second kappa shape index (κ2) is 3.59. The highest BCUT2D eigenvalue weighted by atomic mass is 16.3. The zero-order valence-electron chi connectivity index (χ0n) is 8.94. The number of nitrogens with zero attached hydrogens (tertiary/aromatic N) is 1. The van der Waals surface area contributed by atoms with E-state index in [0.717, 1.165) is 16.6 Å². The Bertz CT molecular complexity index is 488. The molecule has 80 valence electrons. The molecule has 1 aromatic heterocycles. The van der Waals surface area contributed by atoms with Crippen molar-refractivity contribution in [2.75, 3.05) is 6.61 Å². The number of aliphatic hydroxyl groups excluding tert-OH is 1. The normalized spacial score (nSPS) is 13.3. The van der Waals surface area contributed by atoms with Crippen molar-refractivity contribution in [2.24, 2.45) is 7.05 Å². The molecule has 0 radical (unpaired) electrons. The van der Waals surface area contributed by atoms with Gasteiger partial charge in [-0.3, -0.25) is 0 Å². The molecule has 0 saturated heterocycles. The van der Waals surface area contributed by atoms with Crippen molar-refractivity contribution in [2.45, 2.75) is 12.8 Å². The standard InChI is InChI=1S/C12H15NO2/c1-8(7-14)11-6-9-10(13(11)2)4-3-5-12(9)15/h3-6,8,14-15H,7H2,1-2H3. The molecule has 0 bridgehead atoms. The molecule has 1 atom stereocenters. The summed E-state index contributed by atoms with van der Waals surface area (Å²) in [6.07, 6.45) is 0. The summed E-state index contributed by atoms with van der Waals surface area (Å²) in [6.45, 7) is 2.08. The van der Waals surface area contributed by atoms with E-state index in [1.165, 1.54) is 0 Å². The third-order valence-corrected chi connectivity index (χ3v) is 2.88. The number of hydrogen-bond acceptors (Lipinski definition) is 2. The zero-order valence-corrected chi connectivity index (χ0v) is 8.94. The van der Waals surface area contributed by atoms with E-state index in [-0.39, 0.29) is 12.5 Å². The first-order chi connectivity index (χ1) is 7.15. The van der Waals surface area contributed by atoms with Crippen molar-refractivity contribution >= 4 is 10.9 Å². The van der Waals surface area contributed by atoms with Crippen LogP contribution in [-0.2, 0) is 7.05 Å². The maximum Gasteiger partial charge on any atom is 0.124 e. The van der Waals surface area contributed by atoms with Gasteiger partial charge in [0.15, 0.2) is 0 Å². The molecule has 15 heavy (non-hydrogen) atoms. The van der Waals surface area contributed by atoms with Crippen molar-refractivity contribution in [1.82, 2.24) is 4.57 Å². The number of benzene rings is 1. The number of rotatable bonds is 2. The fourth-order valence-electron chi connectivity index (χ4n) is 1.93. The molecule has 0 amide bonds. The van der Waals surface area contributed by atoms with Gasteiger partial charge >= 0.3 is 0 Å². The molecule has 1 aromatic carbocycles. The lowest BCUT2D eigenvalue weighted by Crippen LogP contribution is -2.04. The number of aromatic nitrogens is 1. The van der Waals surface area contributed by atoms with E-state index in [1.54, 1.807) is 6.07 Å². The largest absolute Gasteiger partial charge is 0.507 e. The van der Waals surface area contributed by atoms with Gasteiger partial charge in [0.2, 0.25) is 0 Å². The van der Waals surface area contributed by atoms with Crippen molar-refractivity contribution in [1.29, 1.82) is 0 Å². The summed E-state index contributed by atoms with van der Waals surface area (Å²) in [5, 5.41) is 19.7. The molecule has 3 heteroatoms. The highest BCUT2D eigenvalue weighted by molar-refractivity contribution is 5.87. The maximum atomic E-state index is 9.69. The molecule has 2 N–H and O–H groups in total. The smallest absolute Gasteiger partial charge is 0.124 e. The summed E-state index contributed by atoms with van der Waals surface area (Å²) in [5.41, 5.74) is 2.03. The van der Waals surface area contributed by atoms with Crippen LogP contribution in [0.4, 0.5) is 0 Å². The summed E-state index contributed by atoms with van der Waals surface area (Å²) >= 11 is 0. The van der Waals surface area contributed by atoms with Crippen LogP contribution in [0.5, 0.6) is 5.75 Å². The number of phenolic OH excluding ortho intramolecular Hbond substituents is 1. The van der Waals surface area contributed by atoms with E-state index in [4.69, 9.17) is 5.11 Å². The lowest BCUT2D eigenvalue weighted by atomic mass is 10.1. The third kappa shape index (κ3) is 1.49. The Morgan fingerprint density at radius 1 is 1.40 bits per heavy atom. The van der Waals surface area contributed by atoms with Crippen LogP contribution < -0.4 is 0 Å². The first-order valence-corrected chi connectivity index (χ1v) is 5.03. The number of fused-ring (bicyclic) bond motifs is 1. The van der Waals surface area contributed by atoms with Gasteiger partial charge in [-0.1, -0.05) is 13.0 Å². The fourth-order valence-corrected chi connectivity index (χ4v) is 1.93. The van der Waals surface area contributed by atoms with E-state index < -0.39 is 0 Å². The molecule has 0 saturated carbocycles. The Labute approximate surface area is 88.6 Å². The van der Waals surface area contributed by atoms with Crippen molar-refractivity contribution in [3.63, 3.8) is 0 Å². The first kappa shape index (κ1) is 10.1. The van der Waals surface area contributed by atoms with Gasteiger partial charge in [-0.15, -0.1) is 0 Å².